The minimum absolute atomic E-state index is 0.00528. The van der Waals surface area contributed by atoms with E-state index in [0.717, 1.165) is 31.2 Å². The predicted octanol–water partition coefficient (Wildman–Crippen LogP) is 0.546. The van der Waals surface area contributed by atoms with Gasteiger partial charge in [0.15, 0.2) is 0 Å². The fourth-order valence-electron chi connectivity index (χ4n) is 5.46. The molecule has 0 aromatic heterocycles. The van der Waals surface area contributed by atoms with Gasteiger partial charge in [0.05, 0.1) is 6.04 Å². The third-order valence-corrected chi connectivity index (χ3v) is 7.75. The maximum absolute atomic E-state index is 13.5. The Balaban J connectivity index is 1.37. The first kappa shape index (κ1) is 27.6. The normalized spacial score (nSPS) is 26.0. The number of likely N-dealkylation sites (N-methyl/N-ethyl adjacent to an activating group) is 1. The van der Waals surface area contributed by atoms with E-state index < -0.39 is 24.2 Å². The molecule has 38 heavy (non-hydrogen) atoms. The lowest BCUT2D eigenvalue weighted by atomic mass is 9.98. The van der Waals surface area contributed by atoms with Gasteiger partial charge in [-0.25, -0.2) is 0 Å². The average molecular weight is 527 g/mol. The van der Waals surface area contributed by atoms with E-state index in [9.17, 15) is 24.0 Å². The smallest absolute Gasteiger partial charge is 0.246 e. The zero-order valence-electron chi connectivity index (χ0n) is 22.0. The lowest BCUT2D eigenvalue weighted by molar-refractivity contribution is -0.144. The number of carbonyl (C=O) groups is 5. The van der Waals surface area contributed by atoms with E-state index in [0.29, 0.717) is 31.4 Å². The maximum atomic E-state index is 13.5. The summed E-state index contributed by atoms with van der Waals surface area (Å²) in [7, 11) is 1.69. The highest BCUT2D eigenvalue weighted by Gasteiger charge is 2.43. The minimum Gasteiger partial charge on any atom is -0.350 e. The average Bonchev–Trinajstić information content (AvgIpc) is 3.53. The Morgan fingerprint density at radius 1 is 1.05 bits per heavy atom. The van der Waals surface area contributed by atoms with E-state index in [1.807, 2.05) is 6.07 Å². The van der Waals surface area contributed by atoms with E-state index in [-0.39, 0.29) is 42.1 Å². The molecule has 206 valence electrons. The molecule has 1 aromatic rings. The molecule has 3 fully saturated rings. The highest BCUT2D eigenvalue weighted by molar-refractivity contribution is 5.99. The van der Waals surface area contributed by atoms with Gasteiger partial charge in [-0.05, 0) is 63.8 Å². The summed E-state index contributed by atoms with van der Waals surface area (Å²) in [4.78, 5) is 64.8. The minimum atomic E-state index is -0.639. The van der Waals surface area contributed by atoms with Crippen molar-refractivity contribution in [2.75, 3.05) is 12.4 Å². The molecule has 11 nitrogen and oxygen atoms in total. The molecule has 5 amide bonds. The number of carbonyl (C=O) groups excluding carboxylic acids is 5. The number of amides is 5. The van der Waals surface area contributed by atoms with Crippen LogP contribution in [0.1, 0.15) is 63.9 Å². The lowest BCUT2D eigenvalue weighted by Gasteiger charge is -2.35. The van der Waals surface area contributed by atoms with Crippen molar-refractivity contribution in [1.29, 1.82) is 0 Å². The maximum Gasteiger partial charge on any atom is 0.246 e. The van der Waals surface area contributed by atoms with Crippen LogP contribution in [0.15, 0.2) is 24.3 Å². The first-order valence-corrected chi connectivity index (χ1v) is 13.5. The van der Waals surface area contributed by atoms with E-state index in [1.54, 1.807) is 37.1 Å². The number of hydrogen-bond acceptors (Lipinski definition) is 6. The molecule has 5 atom stereocenters. The number of rotatable bonds is 8. The monoisotopic (exact) mass is 526 g/mol. The van der Waals surface area contributed by atoms with Crippen LogP contribution in [-0.2, 0) is 30.5 Å². The molecular formula is C27H38N6O5. The van der Waals surface area contributed by atoms with Crippen LogP contribution < -0.4 is 26.6 Å². The highest BCUT2D eigenvalue weighted by atomic mass is 16.2. The van der Waals surface area contributed by atoms with Crippen LogP contribution in [0.2, 0.25) is 0 Å². The van der Waals surface area contributed by atoms with Crippen LogP contribution in [0.25, 0.3) is 0 Å². The number of nitrogens with zero attached hydrogens (tertiary/aromatic N) is 1. The van der Waals surface area contributed by atoms with E-state index in [2.05, 4.69) is 26.6 Å². The van der Waals surface area contributed by atoms with Crippen molar-refractivity contribution < 1.29 is 24.0 Å². The number of hydrogen-bond donors (Lipinski definition) is 5. The second kappa shape index (κ2) is 12.4. The van der Waals surface area contributed by atoms with Crippen molar-refractivity contribution in [2.24, 2.45) is 0 Å². The van der Waals surface area contributed by atoms with Crippen molar-refractivity contribution in [3.05, 3.63) is 29.8 Å². The summed E-state index contributed by atoms with van der Waals surface area (Å²) in [6.45, 7) is 1.98. The van der Waals surface area contributed by atoms with Crippen LogP contribution in [0.3, 0.4) is 0 Å². The van der Waals surface area contributed by atoms with Gasteiger partial charge in [-0.15, -0.1) is 0 Å². The van der Waals surface area contributed by atoms with Crippen molar-refractivity contribution in [3.63, 3.8) is 0 Å². The molecule has 3 heterocycles. The number of fused-ring (bicyclic) bond motifs is 1. The third-order valence-electron chi connectivity index (χ3n) is 7.75. The molecule has 5 N–H and O–H groups in total. The number of nitrogens with one attached hydrogen (secondary N) is 5. The van der Waals surface area contributed by atoms with Gasteiger partial charge in [0, 0.05) is 24.7 Å². The van der Waals surface area contributed by atoms with Crippen LogP contribution in [0.4, 0.5) is 5.69 Å². The fourth-order valence-corrected chi connectivity index (χ4v) is 5.46. The van der Waals surface area contributed by atoms with Crippen LogP contribution in [-0.4, -0.2) is 71.7 Å². The van der Waals surface area contributed by atoms with Gasteiger partial charge in [-0.2, -0.15) is 0 Å². The molecule has 1 aromatic carbocycles. The Bertz CT molecular complexity index is 1080. The molecule has 0 radical (unpaired) electrons. The number of benzene rings is 1. The molecule has 0 saturated carbocycles. The standard InChI is InChI=1S/C27H38N6O5/c1-16(28-2)24(35)32-21-9-4-3-8-19-10-12-22(33(19)27(21)38)26(37)29-15-17-6-5-7-18(14-17)30-25(36)20-11-13-23(34)31-20/h5-7,14,16,19-22,28H,3-4,8-13,15H2,1-2H3,(H,29,37)(H,30,36)(H,31,34)(H,32,35)/t16-,19?,20+,21-,22-/m0/s1. The molecule has 0 bridgehead atoms. The molecule has 1 unspecified atom stereocenters. The van der Waals surface area contributed by atoms with Gasteiger partial charge >= 0.3 is 0 Å². The lowest BCUT2D eigenvalue weighted by Crippen LogP contribution is -2.57. The van der Waals surface area contributed by atoms with Gasteiger partial charge in [-0.3, -0.25) is 24.0 Å². The van der Waals surface area contributed by atoms with Gasteiger partial charge in [0.2, 0.25) is 29.5 Å². The second-order valence-electron chi connectivity index (χ2n) is 10.4. The Kier molecular flexibility index (Phi) is 8.98. The summed E-state index contributed by atoms with van der Waals surface area (Å²) in [6.07, 6.45) is 5.36. The van der Waals surface area contributed by atoms with Crippen molar-refractivity contribution in [3.8, 4) is 0 Å². The van der Waals surface area contributed by atoms with Crippen molar-refractivity contribution in [2.45, 2.75) is 95.0 Å². The highest BCUT2D eigenvalue weighted by Crippen LogP contribution is 2.31. The Morgan fingerprint density at radius 2 is 1.84 bits per heavy atom. The quantitative estimate of drug-likeness (QED) is 0.334. The molecule has 11 heteroatoms. The van der Waals surface area contributed by atoms with Crippen LogP contribution >= 0.6 is 0 Å². The van der Waals surface area contributed by atoms with E-state index in [1.165, 1.54) is 0 Å². The summed E-state index contributed by atoms with van der Waals surface area (Å²) in [6, 6.07) is 4.99. The van der Waals surface area contributed by atoms with Gasteiger partial charge in [0.25, 0.3) is 0 Å². The fraction of sp³-hybridized carbons (Fsp3) is 0.593. The van der Waals surface area contributed by atoms with Crippen molar-refractivity contribution in [1.82, 2.24) is 26.2 Å². The third kappa shape index (κ3) is 6.50. The Hall–Kier alpha value is -3.47. The molecule has 3 aliphatic rings. The molecule has 3 aliphatic heterocycles. The largest absolute Gasteiger partial charge is 0.350 e. The summed E-state index contributed by atoms with van der Waals surface area (Å²) in [5.74, 6) is -1.04. The molecule has 0 spiro atoms. The van der Waals surface area contributed by atoms with E-state index >= 15 is 0 Å². The summed E-state index contributed by atoms with van der Waals surface area (Å²) >= 11 is 0. The topological polar surface area (TPSA) is 149 Å². The SMILES string of the molecule is CN[C@@H](C)C(=O)N[C@H]1CCCCC2CC[C@@H](C(=O)NCc3cccc(NC(=O)[C@H]4CCC(=O)N4)c3)N2C1=O. The van der Waals surface area contributed by atoms with Crippen LogP contribution in [0.5, 0.6) is 0 Å². The Morgan fingerprint density at radius 3 is 2.58 bits per heavy atom. The molecule has 4 rings (SSSR count). The zero-order valence-corrected chi connectivity index (χ0v) is 22.0. The van der Waals surface area contributed by atoms with Crippen molar-refractivity contribution >= 4 is 35.2 Å². The first-order chi connectivity index (χ1) is 18.3. The van der Waals surface area contributed by atoms with Gasteiger partial charge < -0.3 is 31.5 Å². The summed E-state index contributed by atoms with van der Waals surface area (Å²) in [5, 5.41) is 14.2. The number of anilines is 1. The van der Waals surface area contributed by atoms with E-state index in [4.69, 9.17) is 0 Å². The first-order valence-electron chi connectivity index (χ1n) is 13.5. The Labute approximate surface area is 222 Å². The second-order valence-corrected chi connectivity index (χ2v) is 10.4. The van der Waals surface area contributed by atoms with Gasteiger partial charge in [-0.1, -0.05) is 25.0 Å². The zero-order chi connectivity index (χ0) is 27.2. The predicted molar refractivity (Wildman–Crippen MR) is 141 cm³/mol. The summed E-state index contributed by atoms with van der Waals surface area (Å²) < 4.78 is 0. The summed E-state index contributed by atoms with van der Waals surface area (Å²) in [5.41, 5.74) is 1.38. The molecule has 3 saturated heterocycles. The van der Waals surface area contributed by atoms with Crippen LogP contribution in [0, 0.1) is 0 Å². The van der Waals surface area contributed by atoms with Gasteiger partial charge in [0.1, 0.15) is 18.1 Å². The molecule has 0 aliphatic carbocycles. The molecular weight excluding hydrogens is 488 g/mol.